The van der Waals surface area contributed by atoms with Crippen molar-refractivity contribution in [3.05, 3.63) is 71.8 Å². The van der Waals surface area contributed by atoms with Gasteiger partial charge in [0.25, 0.3) is 0 Å². The van der Waals surface area contributed by atoms with E-state index in [1.54, 1.807) is 0 Å². The van der Waals surface area contributed by atoms with Crippen molar-refractivity contribution in [1.82, 2.24) is 0 Å². The summed E-state index contributed by atoms with van der Waals surface area (Å²) in [5, 5.41) is 10.8. The Balaban J connectivity index is 1.53. The molecular formula is C26H38O5P4. The average molecular weight is 554 g/mol. The van der Waals surface area contributed by atoms with E-state index < -0.39 is 21.1 Å². The van der Waals surface area contributed by atoms with Crippen LogP contribution in [0.5, 0.6) is 0 Å². The highest BCUT2D eigenvalue weighted by Gasteiger charge is 2.32. The molecule has 35 heavy (non-hydrogen) atoms. The molecule has 1 saturated carbocycles. The number of hydrogen-bond donors (Lipinski definition) is 1. The van der Waals surface area contributed by atoms with Gasteiger partial charge in [0.2, 0.25) is 7.37 Å². The Morgan fingerprint density at radius 2 is 1.63 bits per heavy atom. The average Bonchev–Trinajstić information content (AvgIpc) is 2.88. The fraction of sp³-hybridized carbons (Fsp3) is 0.500. The number of carbonyl (C=O) groups is 1. The lowest BCUT2D eigenvalue weighted by Crippen LogP contribution is -2.20. The van der Waals surface area contributed by atoms with Gasteiger partial charge < -0.3 is 14.4 Å². The van der Waals surface area contributed by atoms with Gasteiger partial charge in [0.05, 0.1) is 18.9 Å². The van der Waals surface area contributed by atoms with E-state index in [1.807, 2.05) is 60.7 Å². The van der Waals surface area contributed by atoms with Gasteiger partial charge in [0, 0.05) is 13.8 Å². The lowest BCUT2D eigenvalue weighted by molar-refractivity contribution is 0.167. The van der Waals surface area contributed by atoms with Gasteiger partial charge in [-0.05, 0) is 42.5 Å². The van der Waals surface area contributed by atoms with E-state index in [2.05, 4.69) is 8.93 Å². The molecular weight excluding hydrogens is 516 g/mol. The van der Waals surface area contributed by atoms with Crippen LogP contribution in [0.1, 0.15) is 49.7 Å². The number of ether oxygens (including phenoxy) is 1. The van der Waals surface area contributed by atoms with Crippen molar-refractivity contribution < 1.29 is 23.7 Å². The molecule has 0 radical (unpaired) electrons. The van der Waals surface area contributed by atoms with Crippen molar-refractivity contribution in [2.75, 3.05) is 18.5 Å². The number of carbonyl (C=O) groups excluding carboxylic acids is 1. The number of hydrogen-bond acceptors (Lipinski definition) is 5. The van der Waals surface area contributed by atoms with Crippen LogP contribution < -0.4 is 0 Å². The predicted molar refractivity (Wildman–Crippen MR) is 152 cm³/mol. The number of aliphatic hydroxyl groups is 1. The van der Waals surface area contributed by atoms with E-state index >= 15 is 0 Å². The van der Waals surface area contributed by atoms with E-state index in [4.69, 9.17) is 9.26 Å². The Hall–Kier alpha value is -0.650. The Labute approximate surface area is 215 Å². The van der Waals surface area contributed by atoms with Crippen LogP contribution in [-0.2, 0) is 27.0 Å². The fourth-order valence-electron chi connectivity index (χ4n) is 4.41. The highest BCUT2D eigenvalue weighted by molar-refractivity contribution is 8.49. The van der Waals surface area contributed by atoms with Crippen LogP contribution in [0.3, 0.4) is 0 Å². The molecule has 5 nitrogen and oxygen atoms in total. The third kappa shape index (κ3) is 10.7. The monoisotopic (exact) mass is 554 g/mol. The zero-order valence-electron chi connectivity index (χ0n) is 20.3. The van der Waals surface area contributed by atoms with E-state index in [-0.39, 0.29) is 18.5 Å². The van der Waals surface area contributed by atoms with Crippen molar-refractivity contribution in [3.63, 3.8) is 0 Å². The Morgan fingerprint density at radius 1 is 1.03 bits per heavy atom. The summed E-state index contributed by atoms with van der Waals surface area (Å²) in [6, 6.07) is 19.4. The van der Waals surface area contributed by atoms with Gasteiger partial charge in [-0.25, -0.2) is 4.79 Å². The highest BCUT2D eigenvalue weighted by Crippen LogP contribution is 2.62. The zero-order valence-corrected chi connectivity index (χ0v) is 24.2. The van der Waals surface area contributed by atoms with Gasteiger partial charge in [0.1, 0.15) is 6.61 Å². The molecule has 1 N–H and O–H groups in total. The molecule has 2 aromatic rings. The van der Waals surface area contributed by atoms with Crippen molar-refractivity contribution in [1.29, 1.82) is 0 Å². The van der Waals surface area contributed by atoms with Crippen LogP contribution in [0, 0.1) is 5.92 Å². The summed E-state index contributed by atoms with van der Waals surface area (Å²) >= 11 is 0. The highest BCUT2D eigenvalue weighted by atomic mass is 32.4. The summed E-state index contributed by atoms with van der Waals surface area (Å²) in [5.41, 5.74) is 1.76. The molecule has 5 atom stereocenters. The van der Waals surface area contributed by atoms with E-state index in [0.29, 0.717) is 39.2 Å². The summed E-state index contributed by atoms with van der Waals surface area (Å²) in [6.45, 7) is 0.559. The molecule has 9 heteroatoms. The summed E-state index contributed by atoms with van der Waals surface area (Å²) in [4.78, 5) is 12.6. The van der Waals surface area contributed by atoms with Crippen LogP contribution >= 0.6 is 31.9 Å². The molecule has 0 saturated heterocycles. The molecule has 0 heterocycles. The molecule has 0 aliphatic heterocycles. The number of aliphatic hydroxyl groups excluding tert-OH is 1. The fourth-order valence-corrected chi connectivity index (χ4v) is 11.7. The standard InChI is InChI=1S/C26H38O5P4/c27-25(16-17-34(33-32)26(28)30-18-22-10-4-1-5-11-22)21-35(29,20-24-14-8-3-9-15-24)31-19-23-12-6-2-7-13-23/h1-2,4-7,10-13,24-25,27,33H,3,8-9,14-21,32H2/t25-,34?,35?/m1/s1. The lowest BCUT2D eigenvalue weighted by Gasteiger charge is -2.28. The molecule has 0 amide bonds. The van der Waals surface area contributed by atoms with Crippen LogP contribution in [0.2, 0.25) is 0 Å². The van der Waals surface area contributed by atoms with E-state index in [0.717, 1.165) is 24.0 Å². The van der Waals surface area contributed by atoms with Crippen LogP contribution in [0.25, 0.3) is 0 Å². The van der Waals surface area contributed by atoms with E-state index in [1.165, 1.54) is 19.3 Å². The minimum atomic E-state index is -3.02. The van der Waals surface area contributed by atoms with Crippen LogP contribution in [0.15, 0.2) is 60.7 Å². The van der Waals surface area contributed by atoms with Gasteiger partial charge in [-0.1, -0.05) is 87.9 Å². The second-order valence-corrected chi connectivity index (χ2v) is 18.5. The smallest absolute Gasteiger partial charge is 0.330 e. The Bertz CT molecular complexity index is 922. The Morgan fingerprint density at radius 3 is 2.23 bits per heavy atom. The first-order chi connectivity index (χ1) is 17.0. The van der Waals surface area contributed by atoms with Crippen molar-refractivity contribution in [3.8, 4) is 0 Å². The largest absolute Gasteiger partial charge is 0.457 e. The minimum absolute atomic E-state index is 0.151. The molecule has 4 unspecified atom stereocenters. The normalized spacial score (nSPS) is 18.2. The first-order valence-corrected chi connectivity index (χ1v) is 19.5. The first kappa shape index (κ1) is 28.9. The first-order valence-electron chi connectivity index (χ1n) is 12.4. The molecule has 192 valence electrons. The van der Waals surface area contributed by atoms with Crippen molar-refractivity contribution >= 4 is 37.6 Å². The molecule has 0 aromatic heterocycles. The van der Waals surface area contributed by atoms with Crippen molar-refractivity contribution in [2.45, 2.75) is 57.8 Å². The van der Waals surface area contributed by atoms with Crippen LogP contribution in [0.4, 0.5) is 4.79 Å². The summed E-state index contributed by atoms with van der Waals surface area (Å²) in [5.74, 6) is 0.399. The SMILES string of the molecule is O=C(OCc1ccccc1)P(CC[C@@H](O)CP(=O)(CC1CCCCC1)OCc1ccccc1)PP. The Kier molecular flexibility index (Phi) is 12.9. The maximum Gasteiger partial charge on any atom is 0.330 e. The predicted octanol–water partition coefficient (Wildman–Crippen LogP) is 8.01. The lowest BCUT2D eigenvalue weighted by atomic mass is 9.91. The molecule has 1 aliphatic carbocycles. The second-order valence-electron chi connectivity index (χ2n) is 9.21. The van der Waals surface area contributed by atoms with Crippen LogP contribution in [-0.4, -0.2) is 35.4 Å². The van der Waals surface area contributed by atoms with Gasteiger partial charge >= 0.3 is 5.71 Å². The maximum absolute atomic E-state index is 13.9. The van der Waals surface area contributed by atoms with Gasteiger partial charge in [-0.15, -0.1) is 8.93 Å². The van der Waals surface area contributed by atoms with Gasteiger partial charge in [-0.3, -0.25) is 4.57 Å². The number of rotatable bonds is 14. The third-order valence-electron chi connectivity index (χ3n) is 6.33. The van der Waals surface area contributed by atoms with Crippen molar-refractivity contribution in [2.24, 2.45) is 5.92 Å². The topological polar surface area (TPSA) is 72.8 Å². The molecule has 2 aromatic carbocycles. The summed E-state index contributed by atoms with van der Waals surface area (Å²) < 4.78 is 25.5. The molecule has 1 aliphatic rings. The van der Waals surface area contributed by atoms with Gasteiger partial charge in [-0.2, -0.15) is 0 Å². The maximum atomic E-state index is 13.9. The molecule has 1 fully saturated rings. The zero-order chi connectivity index (χ0) is 24.9. The van der Waals surface area contributed by atoms with Gasteiger partial charge in [0.15, 0.2) is 0 Å². The molecule has 0 bridgehead atoms. The summed E-state index contributed by atoms with van der Waals surface area (Å²) in [7, 11) is -1.00. The second kappa shape index (κ2) is 15.6. The molecule has 0 spiro atoms. The summed E-state index contributed by atoms with van der Waals surface area (Å²) in [6.07, 6.45) is 6.69. The minimum Gasteiger partial charge on any atom is -0.457 e. The quantitative estimate of drug-likeness (QED) is 0.240. The third-order valence-corrected chi connectivity index (χ3v) is 15.5. The number of benzene rings is 2. The molecule has 3 rings (SSSR count). The van der Waals surface area contributed by atoms with E-state index in [9.17, 15) is 14.5 Å².